The van der Waals surface area contributed by atoms with Crippen molar-refractivity contribution in [2.24, 2.45) is 0 Å². The van der Waals surface area contributed by atoms with E-state index in [1.807, 2.05) is 42.5 Å². The van der Waals surface area contributed by atoms with Gasteiger partial charge in [-0.2, -0.15) is 0 Å². The van der Waals surface area contributed by atoms with E-state index in [0.29, 0.717) is 45.9 Å². The number of allylic oxidation sites excluding steroid dienone is 6. The molecule has 1 aliphatic carbocycles. The van der Waals surface area contributed by atoms with Crippen molar-refractivity contribution in [3.63, 3.8) is 0 Å². The first-order valence-electron chi connectivity index (χ1n) is 11.7. The van der Waals surface area contributed by atoms with Gasteiger partial charge in [0, 0.05) is 27.7 Å². The summed E-state index contributed by atoms with van der Waals surface area (Å²) >= 11 is 12.5. The Labute approximate surface area is 219 Å². The Hall–Kier alpha value is -3.61. The standard InChI is InChI=1S/C28H25Cl2N3O3/c1-17-9-10-20(29)7-3-2-4-13-33(17)27-26(25-16-19-14-21(30)11-12-24(19)36-25)31-22-8-5-6-18(28(34)35)15-23(22)32-27/h6-12,14-16,31-32H,1-5,13H2,(H,34,35)/b10-9-,20-7+. The quantitative estimate of drug-likeness (QED) is 0.413. The molecule has 3 N–H and O–H groups in total. The number of halogens is 2. The van der Waals surface area contributed by atoms with E-state index in [4.69, 9.17) is 27.6 Å². The first-order valence-corrected chi connectivity index (χ1v) is 12.5. The molecule has 2 aromatic rings. The van der Waals surface area contributed by atoms with Crippen LogP contribution >= 0.6 is 23.2 Å². The third-order valence-corrected chi connectivity index (χ3v) is 6.71. The van der Waals surface area contributed by atoms with E-state index >= 15 is 0 Å². The van der Waals surface area contributed by atoms with Gasteiger partial charge in [0.2, 0.25) is 0 Å². The van der Waals surface area contributed by atoms with Gasteiger partial charge in [-0.15, -0.1) is 0 Å². The van der Waals surface area contributed by atoms with Gasteiger partial charge < -0.3 is 25.1 Å². The van der Waals surface area contributed by atoms with Crippen molar-refractivity contribution < 1.29 is 14.3 Å². The SMILES string of the molecule is C=C1/C=C\C(Cl)=C/CCCCN1C1=C(c2cc3cc(Cl)ccc3o2)NC2=CCC=C(C(=O)O)C=C2N1. The molecule has 3 heterocycles. The minimum atomic E-state index is -0.975. The molecule has 8 heteroatoms. The summed E-state index contributed by atoms with van der Waals surface area (Å²) in [5.74, 6) is 0.361. The summed E-state index contributed by atoms with van der Waals surface area (Å²) in [7, 11) is 0. The second-order valence-electron chi connectivity index (χ2n) is 8.70. The van der Waals surface area contributed by atoms with Crippen molar-refractivity contribution >= 4 is 45.8 Å². The zero-order valence-corrected chi connectivity index (χ0v) is 21.0. The summed E-state index contributed by atoms with van der Waals surface area (Å²) in [6, 6.07) is 7.44. The van der Waals surface area contributed by atoms with Crippen LogP contribution in [0.1, 0.15) is 31.4 Å². The van der Waals surface area contributed by atoms with E-state index in [2.05, 4.69) is 22.1 Å². The van der Waals surface area contributed by atoms with Crippen LogP contribution in [-0.2, 0) is 4.79 Å². The monoisotopic (exact) mass is 521 g/mol. The Morgan fingerprint density at radius 3 is 2.75 bits per heavy atom. The van der Waals surface area contributed by atoms with Crippen LogP contribution < -0.4 is 10.6 Å². The Bertz CT molecular complexity index is 1440. The molecule has 0 atom stereocenters. The Morgan fingerprint density at radius 1 is 1.06 bits per heavy atom. The lowest BCUT2D eigenvalue weighted by Crippen LogP contribution is -2.40. The number of benzene rings is 1. The van der Waals surface area contributed by atoms with Crippen LogP contribution in [0.3, 0.4) is 0 Å². The zero-order valence-electron chi connectivity index (χ0n) is 19.5. The second-order valence-corrected chi connectivity index (χ2v) is 9.58. The van der Waals surface area contributed by atoms with Gasteiger partial charge in [-0.1, -0.05) is 48.0 Å². The van der Waals surface area contributed by atoms with E-state index < -0.39 is 5.97 Å². The molecule has 0 saturated carbocycles. The van der Waals surface area contributed by atoms with Crippen LogP contribution in [0.4, 0.5) is 0 Å². The number of fused-ring (bicyclic) bond motifs is 2. The van der Waals surface area contributed by atoms with Crippen molar-refractivity contribution in [2.75, 3.05) is 6.54 Å². The molecule has 184 valence electrons. The number of nitrogens with zero attached hydrogens (tertiary/aromatic N) is 1. The number of aliphatic carboxylic acids is 1. The Balaban J connectivity index is 1.65. The van der Waals surface area contributed by atoms with Crippen molar-refractivity contribution in [1.29, 1.82) is 0 Å². The lowest BCUT2D eigenvalue weighted by atomic mass is 10.1. The number of nitrogens with one attached hydrogen (secondary N) is 2. The van der Waals surface area contributed by atoms with Gasteiger partial charge in [-0.3, -0.25) is 0 Å². The Morgan fingerprint density at radius 2 is 1.92 bits per heavy atom. The predicted octanol–water partition coefficient (Wildman–Crippen LogP) is 6.77. The highest BCUT2D eigenvalue weighted by Crippen LogP contribution is 2.34. The highest BCUT2D eigenvalue weighted by molar-refractivity contribution is 6.31. The maximum absolute atomic E-state index is 11.7. The fourth-order valence-corrected chi connectivity index (χ4v) is 4.72. The maximum atomic E-state index is 11.7. The highest BCUT2D eigenvalue weighted by atomic mass is 35.5. The highest BCUT2D eigenvalue weighted by Gasteiger charge is 2.29. The van der Waals surface area contributed by atoms with Gasteiger partial charge in [-0.25, -0.2) is 4.79 Å². The van der Waals surface area contributed by atoms with Crippen molar-refractivity contribution in [3.05, 3.63) is 112 Å². The van der Waals surface area contributed by atoms with Gasteiger partial charge in [0.1, 0.15) is 17.1 Å². The van der Waals surface area contributed by atoms with Gasteiger partial charge in [0.15, 0.2) is 5.76 Å². The van der Waals surface area contributed by atoms with Crippen LogP contribution in [0.2, 0.25) is 5.02 Å². The molecule has 2 aliphatic heterocycles. The number of furan rings is 1. The molecule has 0 bridgehead atoms. The van der Waals surface area contributed by atoms with Crippen LogP contribution in [-0.4, -0.2) is 22.5 Å². The molecule has 1 aromatic carbocycles. The van der Waals surface area contributed by atoms with Crippen LogP contribution in [0, 0.1) is 0 Å². The molecular weight excluding hydrogens is 497 g/mol. The number of hydrogen-bond acceptors (Lipinski definition) is 5. The largest absolute Gasteiger partial charge is 0.478 e. The average Bonchev–Trinajstić information content (AvgIpc) is 3.15. The number of carbonyl (C=O) groups is 1. The molecule has 6 nitrogen and oxygen atoms in total. The maximum Gasteiger partial charge on any atom is 0.335 e. The van der Waals surface area contributed by atoms with Gasteiger partial charge in [-0.05, 0) is 68.2 Å². The fourth-order valence-electron chi connectivity index (χ4n) is 4.37. The Kier molecular flexibility index (Phi) is 6.81. The summed E-state index contributed by atoms with van der Waals surface area (Å²) in [6.07, 6.45) is 14.2. The smallest absolute Gasteiger partial charge is 0.335 e. The molecule has 0 spiro atoms. The summed E-state index contributed by atoms with van der Waals surface area (Å²) in [5.41, 5.74) is 3.82. The lowest BCUT2D eigenvalue weighted by molar-refractivity contribution is -0.132. The minimum absolute atomic E-state index is 0.225. The third-order valence-electron chi connectivity index (χ3n) is 6.20. The molecule has 0 fully saturated rings. The van der Waals surface area contributed by atoms with E-state index in [9.17, 15) is 9.90 Å². The average molecular weight is 522 g/mol. The lowest BCUT2D eigenvalue weighted by Gasteiger charge is -2.35. The molecule has 0 radical (unpaired) electrons. The van der Waals surface area contributed by atoms with Crippen molar-refractivity contribution in [1.82, 2.24) is 15.5 Å². The predicted molar refractivity (Wildman–Crippen MR) is 144 cm³/mol. The van der Waals surface area contributed by atoms with E-state index in [1.165, 1.54) is 0 Å². The van der Waals surface area contributed by atoms with Gasteiger partial charge in [0.05, 0.1) is 17.0 Å². The summed E-state index contributed by atoms with van der Waals surface area (Å²) in [4.78, 5) is 13.8. The fraction of sp³-hybridized carbons (Fsp3) is 0.179. The zero-order chi connectivity index (χ0) is 25.2. The third kappa shape index (κ3) is 5.01. The first-order chi connectivity index (χ1) is 17.4. The number of hydrogen-bond donors (Lipinski definition) is 3. The van der Waals surface area contributed by atoms with Crippen LogP contribution in [0.5, 0.6) is 0 Å². The number of carboxylic acids is 1. The minimum Gasteiger partial charge on any atom is -0.478 e. The number of carboxylic acid groups (broad SMARTS) is 1. The molecule has 36 heavy (non-hydrogen) atoms. The molecule has 0 unspecified atom stereocenters. The summed E-state index contributed by atoms with van der Waals surface area (Å²) in [5, 5.41) is 18.8. The molecule has 5 rings (SSSR count). The second kappa shape index (κ2) is 10.2. The number of rotatable bonds is 3. The normalized spacial score (nSPS) is 21.2. The van der Waals surface area contributed by atoms with Crippen LogP contribution in [0.15, 0.2) is 105 Å². The van der Waals surface area contributed by atoms with Crippen LogP contribution in [0.25, 0.3) is 16.7 Å². The van der Waals surface area contributed by atoms with Crippen molar-refractivity contribution in [2.45, 2.75) is 25.7 Å². The van der Waals surface area contributed by atoms with Crippen molar-refractivity contribution in [3.8, 4) is 0 Å². The summed E-state index contributed by atoms with van der Waals surface area (Å²) in [6.45, 7) is 4.99. The topological polar surface area (TPSA) is 77.7 Å². The first kappa shape index (κ1) is 24.1. The van der Waals surface area contributed by atoms with Gasteiger partial charge in [0.25, 0.3) is 0 Å². The molecular formula is C28H25Cl2N3O3. The molecule has 0 amide bonds. The van der Waals surface area contributed by atoms with E-state index in [-0.39, 0.29) is 5.57 Å². The summed E-state index contributed by atoms with van der Waals surface area (Å²) < 4.78 is 6.23. The molecule has 1 aromatic heterocycles. The van der Waals surface area contributed by atoms with Gasteiger partial charge >= 0.3 is 5.97 Å². The van der Waals surface area contributed by atoms with E-state index in [1.54, 1.807) is 18.2 Å². The molecule has 0 saturated heterocycles. The molecule has 3 aliphatic rings. The van der Waals surface area contributed by atoms with E-state index in [0.717, 1.165) is 41.7 Å².